The Morgan fingerprint density at radius 2 is 1.67 bits per heavy atom. The molecule has 92 valence electrons. The molecular formula is C14H16N4. The van der Waals surface area contributed by atoms with E-state index >= 15 is 0 Å². The SMILES string of the molecule is CC(C)(N)c1ccccn1.[C-]#[N+]c1ccccn1. The van der Waals surface area contributed by atoms with Gasteiger partial charge in [0.25, 0.3) is 5.82 Å². The lowest BCUT2D eigenvalue weighted by molar-refractivity contribution is 0.535. The van der Waals surface area contributed by atoms with Crippen LogP contribution in [0.25, 0.3) is 4.85 Å². The molecule has 0 bridgehead atoms. The van der Waals surface area contributed by atoms with Crippen LogP contribution in [0.2, 0.25) is 0 Å². The molecule has 0 spiro atoms. The molecule has 0 aliphatic rings. The van der Waals surface area contributed by atoms with Crippen LogP contribution >= 0.6 is 0 Å². The molecule has 0 fully saturated rings. The highest BCUT2D eigenvalue weighted by Crippen LogP contribution is 2.11. The van der Waals surface area contributed by atoms with Crippen LogP contribution in [0, 0.1) is 6.57 Å². The van der Waals surface area contributed by atoms with Crippen molar-refractivity contribution in [2.75, 3.05) is 0 Å². The fraction of sp³-hybridized carbons (Fsp3) is 0.214. The van der Waals surface area contributed by atoms with Crippen LogP contribution in [-0.4, -0.2) is 9.97 Å². The van der Waals surface area contributed by atoms with Gasteiger partial charge < -0.3 is 10.6 Å². The Bertz CT molecular complexity index is 495. The Morgan fingerprint density at radius 3 is 1.94 bits per heavy atom. The van der Waals surface area contributed by atoms with E-state index in [1.807, 2.05) is 32.0 Å². The first-order valence-corrected chi connectivity index (χ1v) is 5.53. The van der Waals surface area contributed by atoms with E-state index in [0.717, 1.165) is 5.69 Å². The number of nitrogens with two attached hydrogens (primary N) is 1. The van der Waals surface area contributed by atoms with E-state index < -0.39 is 0 Å². The van der Waals surface area contributed by atoms with E-state index in [1.54, 1.807) is 30.6 Å². The fourth-order valence-corrected chi connectivity index (χ4v) is 1.16. The lowest BCUT2D eigenvalue weighted by Gasteiger charge is -2.16. The lowest BCUT2D eigenvalue weighted by atomic mass is 10.0. The predicted molar refractivity (Wildman–Crippen MR) is 71.9 cm³/mol. The second-order valence-electron chi connectivity index (χ2n) is 4.24. The molecule has 2 aromatic rings. The van der Waals surface area contributed by atoms with Gasteiger partial charge in [-0.2, -0.15) is 0 Å². The molecule has 0 aliphatic heterocycles. The number of pyridine rings is 2. The topological polar surface area (TPSA) is 56.2 Å². The van der Waals surface area contributed by atoms with Crippen molar-refractivity contribution in [3.63, 3.8) is 0 Å². The summed E-state index contributed by atoms with van der Waals surface area (Å²) < 4.78 is 0. The molecule has 2 N–H and O–H groups in total. The zero-order valence-corrected chi connectivity index (χ0v) is 10.5. The molecule has 0 saturated carbocycles. The second-order valence-corrected chi connectivity index (χ2v) is 4.24. The number of rotatable bonds is 1. The summed E-state index contributed by atoms with van der Waals surface area (Å²) in [5.41, 5.74) is 6.40. The van der Waals surface area contributed by atoms with Crippen LogP contribution < -0.4 is 5.73 Å². The standard InChI is InChI=1S/C8H12N2.C6H4N2/c1-8(2,9)7-5-3-4-6-10-7;1-7-6-4-2-3-5-8-6/h3-6H,9H2,1-2H3;2-5H. The Morgan fingerprint density at radius 1 is 1.06 bits per heavy atom. The largest absolute Gasteiger partial charge is 0.361 e. The van der Waals surface area contributed by atoms with Gasteiger partial charge in [-0.1, -0.05) is 18.7 Å². The Labute approximate surface area is 107 Å². The van der Waals surface area contributed by atoms with E-state index in [-0.39, 0.29) is 5.54 Å². The minimum Gasteiger partial charge on any atom is -0.361 e. The molecule has 2 heterocycles. The molecule has 4 nitrogen and oxygen atoms in total. The van der Waals surface area contributed by atoms with Gasteiger partial charge in [-0.25, -0.2) is 0 Å². The molecule has 0 amide bonds. The van der Waals surface area contributed by atoms with Crippen molar-refractivity contribution < 1.29 is 0 Å². The van der Waals surface area contributed by atoms with Crippen molar-refractivity contribution in [2.45, 2.75) is 19.4 Å². The third-order valence-electron chi connectivity index (χ3n) is 2.09. The maximum absolute atomic E-state index is 6.51. The van der Waals surface area contributed by atoms with Crippen LogP contribution in [-0.2, 0) is 5.54 Å². The second kappa shape index (κ2) is 6.48. The van der Waals surface area contributed by atoms with Crippen LogP contribution in [0.1, 0.15) is 19.5 Å². The van der Waals surface area contributed by atoms with Gasteiger partial charge in [0.05, 0.1) is 11.2 Å². The monoisotopic (exact) mass is 240 g/mol. The van der Waals surface area contributed by atoms with Crippen molar-refractivity contribution >= 4 is 5.82 Å². The lowest BCUT2D eigenvalue weighted by Crippen LogP contribution is -2.29. The van der Waals surface area contributed by atoms with Crippen molar-refractivity contribution in [3.05, 3.63) is 65.9 Å². The molecule has 0 radical (unpaired) electrons. The maximum atomic E-state index is 6.51. The summed E-state index contributed by atoms with van der Waals surface area (Å²) >= 11 is 0. The van der Waals surface area contributed by atoms with Crippen molar-refractivity contribution in [1.82, 2.24) is 9.97 Å². The zero-order chi connectivity index (χ0) is 13.4. The number of hydrogen-bond donors (Lipinski definition) is 1. The van der Waals surface area contributed by atoms with E-state index in [1.165, 1.54) is 0 Å². The average Bonchev–Trinajstić information content (AvgIpc) is 2.40. The number of nitrogens with zero attached hydrogens (tertiary/aromatic N) is 3. The van der Waals surface area contributed by atoms with Gasteiger partial charge in [0, 0.05) is 6.20 Å². The first-order chi connectivity index (χ1) is 8.54. The third-order valence-corrected chi connectivity index (χ3v) is 2.09. The van der Waals surface area contributed by atoms with Crippen LogP contribution in [0.3, 0.4) is 0 Å². The number of aromatic nitrogens is 2. The zero-order valence-electron chi connectivity index (χ0n) is 10.5. The normalized spacial score (nSPS) is 9.89. The number of hydrogen-bond acceptors (Lipinski definition) is 3. The summed E-state index contributed by atoms with van der Waals surface area (Å²) in [5.74, 6) is 0.451. The van der Waals surface area contributed by atoms with E-state index in [4.69, 9.17) is 12.3 Å². The quantitative estimate of drug-likeness (QED) is 0.780. The molecule has 18 heavy (non-hydrogen) atoms. The van der Waals surface area contributed by atoms with Crippen molar-refractivity contribution in [1.29, 1.82) is 0 Å². The highest BCUT2D eigenvalue weighted by molar-refractivity contribution is 5.33. The Hall–Kier alpha value is -2.25. The van der Waals surface area contributed by atoms with E-state index in [2.05, 4.69) is 14.8 Å². The molecule has 2 aromatic heterocycles. The first kappa shape index (κ1) is 13.8. The maximum Gasteiger partial charge on any atom is 0.269 e. The summed E-state index contributed by atoms with van der Waals surface area (Å²) in [4.78, 5) is 11.0. The van der Waals surface area contributed by atoms with Gasteiger partial charge in [-0.15, -0.1) is 4.98 Å². The van der Waals surface area contributed by atoms with E-state index in [0.29, 0.717) is 5.82 Å². The predicted octanol–water partition coefficient (Wildman–Crippen LogP) is 2.91. The summed E-state index contributed by atoms with van der Waals surface area (Å²) in [7, 11) is 0. The summed E-state index contributed by atoms with van der Waals surface area (Å²) in [6.45, 7) is 10.4. The van der Waals surface area contributed by atoms with Crippen molar-refractivity contribution in [3.8, 4) is 0 Å². The Kier molecular flexibility index (Phi) is 4.97. The third kappa shape index (κ3) is 4.73. The Balaban J connectivity index is 0.000000184. The molecule has 0 unspecified atom stereocenters. The molecule has 0 aromatic carbocycles. The molecule has 0 aliphatic carbocycles. The highest BCUT2D eigenvalue weighted by Gasteiger charge is 2.13. The van der Waals surface area contributed by atoms with Gasteiger partial charge in [0.1, 0.15) is 6.20 Å². The smallest absolute Gasteiger partial charge is 0.269 e. The molecule has 4 heteroatoms. The van der Waals surface area contributed by atoms with Gasteiger partial charge >= 0.3 is 0 Å². The molecule has 0 atom stereocenters. The summed E-state index contributed by atoms with van der Waals surface area (Å²) in [6.07, 6.45) is 3.36. The average molecular weight is 240 g/mol. The minimum absolute atomic E-state index is 0.318. The minimum atomic E-state index is -0.318. The van der Waals surface area contributed by atoms with Gasteiger partial charge in [-0.3, -0.25) is 4.98 Å². The highest BCUT2D eigenvalue weighted by atomic mass is 14.8. The van der Waals surface area contributed by atoms with E-state index in [9.17, 15) is 0 Å². The van der Waals surface area contributed by atoms with Crippen LogP contribution in [0.15, 0.2) is 48.8 Å². The summed E-state index contributed by atoms with van der Waals surface area (Å²) in [5, 5.41) is 0. The molecular weight excluding hydrogens is 224 g/mol. The fourth-order valence-electron chi connectivity index (χ4n) is 1.16. The molecule has 2 rings (SSSR count). The molecule has 0 saturated heterocycles. The summed E-state index contributed by atoms with van der Waals surface area (Å²) in [6, 6.07) is 11.0. The van der Waals surface area contributed by atoms with Crippen molar-refractivity contribution in [2.24, 2.45) is 5.73 Å². The first-order valence-electron chi connectivity index (χ1n) is 5.53. The van der Waals surface area contributed by atoms with Crippen LogP contribution in [0.5, 0.6) is 0 Å². The van der Waals surface area contributed by atoms with Crippen LogP contribution in [0.4, 0.5) is 5.82 Å². The van der Waals surface area contributed by atoms with Gasteiger partial charge in [-0.05, 0) is 38.1 Å². The van der Waals surface area contributed by atoms with Gasteiger partial charge in [0.2, 0.25) is 0 Å². The van der Waals surface area contributed by atoms with Gasteiger partial charge in [0.15, 0.2) is 0 Å².